The van der Waals surface area contributed by atoms with Gasteiger partial charge < -0.3 is 15.4 Å². The van der Waals surface area contributed by atoms with Gasteiger partial charge in [0.05, 0.1) is 23.7 Å². The van der Waals surface area contributed by atoms with E-state index in [4.69, 9.17) is 10.5 Å². The van der Waals surface area contributed by atoms with Crippen LogP contribution in [-0.2, 0) is 19.4 Å². The predicted octanol–water partition coefficient (Wildman–Crippen LogP) is 0.671. The number of halogens is 3. The number of ether oxygens (including phenoxy) is 1. The fourth-order valence-electron chi connectivity index (χ4n) is 2.11. The molecule has 122 valence electrons. The van der Waals surface area contributed by atoms with Gasteiger partial charge in [0, 0.05) is 6.54 Å². The van der Waals surface area contributed by atoms with Crippen LogP contribution < -0.4 is 10.6 Å². The molecule has 6 nitrogen and oxygen atoms in total. The van der Waals surface area contributed by atoms with E-state index >= 15 is 0 Å². The van der Waals surface area contributed by atoms with Crippen molar-refractivity contribution in [1.82, 2.24) is 0 Å². The van der Waals surface area contributed by atoms with Crippen molar-refractivity contribution >= 4 is 21.4 Å². The number of benzene rings is 1. The zero-order valence-corrected chi connectivity index (χ0v) is 12.0. The van der Waals surface area contributed by atoms with Crippen molar-refractivity contribution in [1.29, 1.82) is 0 Å². The van der Waals surface area contributed by atoms with Crippen molar-refractivity contribution in [3.63, 3.8) is 0 Å². The molecule has 1 aliphatic rings. The number of morpholine rings is 1. The smallest absolute Gasteiger partial charge is 0.367 e. The number of carbonyl (C=O) groups excluding carboxylic acids is 1. The topological polar surface area (TPSA) is 89.7 Å². The molecule has 1 atom stereocenters. The minimum Gasteiger partial charge on any atom is -0.367 e. The minimum atomic E-state index is -5.49. The van der Waals surface area contributed by atoms with Gasteiger partial charge in [0.25, 0.3) is 9.84 Å². The summed E-state index contributed by atoms with van der Waals surface area (Å²) in [7, 11) is -5.49. The number of anilines is 1. The molecular weight excluding hydrogens is 325 g/mol. The number of para-hydroxylation sites is 1. The quantitative estimate of drug-likeness (QED) is 0.875. The fraction of sp³-hybridized carbons (Fsp3) is 0.417. The number of sulfone groups is 1. The highest BCUT2D eigenvalue weighted by Crippen LogP contribution is 2.36. The number of amides is 1. The Bertz CT molecular complexity index is 675. The zero-order chi connectivity index (χ0) is 16.5. The molecule has 0 unspecified atom stereocenters. The number of primary amides is 1. The number of nitrogens with zero attached hydrogens (tertiary/aromatic N) is 1. The molecule has 1 heterocycles. The van der Waals surface area contributed by atoms with Crippen LogP contribution in [0.25, 0.3) is 0 Å². The summed E-state index contributed by atoms with van der Waals surface area (Å²) in [5, 5.41) is 0. The van der Waals surface area contributed by atoms with E-state index < -0.39 is 32.3 Å². The number of hydrogen-bond acceptors (Lipinski definition) is 5. The van der Waals surface area contributed by atoms with Crippen LogP contribution in [-0.4, -0.2) is 45.6 Å². The maximum Gasteiger partial charge on any atom is 0.501 e. The van der Waals surface area contributed by atoms with E-state index in [9.17, 15) is 26.4 Å². The van der Waals surface area contributed by atoms with E-state index in [-0.39, 0.29) is 25.4 Å². The fourth-order valence-corrected chi connectivity index (χ4v) is 3.09. The number of nitrogens with two attached hydrogens (primary N) is 1. The first-order valence-corrected chi connectivity index (χ1v) is 7.69. The lowest BCUT2D eigenvalue weighted by Gasteiger charge is -2.34. The van der Waals surface area contributed by atoms with Gasteiger partial charge in [-0.25, -0.2) is 8.42 Å². The number of alkyl halides is 3. The molecule has 1 amide bonds. The van der Waals surface area contributed by atoms with Crippen molar-refractivity contribution in [3.05, 3.63) is 24.3 Å². The highest BCUT2D eigenvalue weighted by molar-refractivity contribution is 7.92. The Labute approximate surface area is 124 Å². The van der Waals surface area contributed by atoms with E-state index in [0.29, 0.717) is 0 Å². The lowest BCUT2D eigenvalue weighted by molar-refractivity contribution is -0.130. The van der Waals surface area contributed by atoms with Gasteiger partial charge in [-0.05, 0) is 12.1 Å². The molecule has 2 N–H and O–H groups in total. The van der Waals surface area contributed by atoms with Crippen LogP contribution in [0, 0.1) is 0 Å². The molecular formula is C12H13F3N2O4S. The average molecular weight is 338 g/mol. The largest absolute Gasteiger partial charge is 0.501 e. The molecule has 1 fully saturated rings. The van der Waals surface area contributed by atoms with Gasteiger partial charge in [0.1, 0.15) is 0 Å². The van der Waals surface area contributed by atoms with Gasteiger partial charge in [0.15, 0.2) is 6.10 Å². The average Bonchev–Trinajstić information content (AvgIpc) is 2.46. The van der Waals surface area contributed by atoms with Crippen molar-refractivity contribution in [3.8, 4) is 0 Å². The molecule has 0 spiro atoms. The second-order valence-corrected chi connectivity index (χ2v) is 6.53. The first-order chi connectivity index (χ1) is 10.1. The van der Waals surface area contributed by atoms with E-state index in [1.165, 1.54) is 23.1 Å². The van der Waals surface area contributed by atoms with Crippen LogP contribution in [0.3, 0.4) is 0 Å². The molecule has 0 saturated carbocycles. The van der Waals surface area contributed by atoms with Crippen LogP contribution in [0.15, 0.2) is 29.2 Å². The van der Waals surface area contributed by atoms with Crippen LogP contribution in [0.1, 0.15) is 0 Å². The number of hydrogen-bond donors (Lipinski definition) is 1. The monoisotopic (exact) mass is 338 g/mol. The lowest BCUT2D eigenvalue weighted by Crippen LogP contribution is -2.48. The number of rotatable bonds is 3. The molecule has 2 rings (SSSR count). The standard InChI is InChI=1S/C12H13F3N2O4S/c13-12(14,15)22(19,20)10-4-2-1-3-8(10)17-5-6-21-9(7-17)11(16)18/h1-4,9H,5-7H2,(H2,16,18)/t9-/m1/s1. The lowest BCUT2D eigenvalue weighted by atomic mass is 10.2. The molecule has 0 bridgehead atoms. The molecule has 0 aliphatic carbocycles. The molecule has 22 heavy (non-hydrogen) atoms. The Morgan fingerprint density at radius 3 is 2.55 bits per heavy atom. The molecule has 1 aromatic carbocycles. The summed E-state index contributed by atoms with van der Waals surface area (Å²) in [5.41, 5.74) is -0.423. The Hall–Kier alpha value is -1.81. The third-order valence-electron chi connectivity index (χ3n) is 3.18. The van der Waals surface area contributed by atoms with E-state index in [1.54, 1.807) is 0 Å². The van der Waals surface area contributed by atoms with Gasteiger partial charge in [-0.15, -0.1) is 0 Å². The Morgan fingerprint density at radius 1 is 1.32 bits per heavy atom. The van der Waals surface area contributed by atoms with Gasteiger partial charge in [-0.1, -0.05) is 12.1 Å². The Balaban J connectivity index is 2.43. The molecule has 10 heteroatoms. The predicted molar refractivity (Wildman–Crippen MR) is 70.8 cm³/mol. The summed E-state index contributed by atoms with van der Waals surface area (Å²) in [4.78, 5) is 11.6. The summed E-state index contributed by atoms with van der Waals surface area (Å²) in [6, 6.07) is 4.75. The minimum absolute atomic E-state index is 0.0496. The Morgan fingerprint density at radius 2 is 1.95 bits per heavy atom. The molecule has 0 radical (unpaired) electrons. The van der Waals surface area contributed by atoms with Crippen LogP contribution >= 0.6 is 0 Å². The summed E-state index contributed by atoms with van der Waals surface area (Å²) in [5.74, 6) is -0.763. The molecule has 1 aliphatic heterocycles. The summed E-state index contributed by atoms with van der Waals surface area (Å²) in [6.07, 6.45) is -1.00. The van der Waals surface area contributed by atoms with Crippen LogP contribution in [0.4, 0.5) is 18.9 Å². The van der Waals surface area contributed by atoms with Crippen molar-refractivity contribution in [2.45, 2.75) is 16.5 Å². The number of carbonyl (C=O) groups is 1. The molecule has 0 aromatic heterocycles. The maximum absolute atomic E-state index is 12.8. The second kappa shape index (κ2) is 5.76. The first kappa shape index (κ1) is 16.6. The van der Waals surface area contributed by atoms with Gasteiger partial charge in [-0.3, -0.25) is 4.79 Å². The normalized spacial score (nSPS) is 20.0. The summed E-state index contributed by atoms with van der Waals surface area (Å²) >= 11 is 0. The summed E-state index contributed by atoms with van der Waals surface area (Å²) < 4.78 is 66.7. The van der Waals surface area contributed by atoms with Crippen molar-refractivity contribution in [2.75, 3.05) is 24.6 Å². The van der Waals surface area contributed by atoms with Gasteiger partial charge in [0.2, 0.25) is 5.91 Å². The van der Waals surface area contributed by atoms with Gasteiger partial charge >= 0.3 is 5.51 Å². The molecule has 1 aromatic rings. The van der Waals surface area contributed by atoms with Gasteiger partial charge in [-0.2, -0.15) is 13.2 Å². The highest BCUT2D eigenvalue weighted by atomic mass is 32.2. The SMILES string of the molecule is NC(=O)[C@H]1CN(c2ccccc2S(=O)(=O)C(F)(F)F)CCO1. The molecule has 1 saturated heterocycles. The first-order valence-electron chi connectivity index (χ1n) is 6.21. The van der Waals surface area contributed by atoms with Crippen molar-refractivity contribution < 1.29 is 31.1 Å². The third kappa shape index (κ3) is 3.02. The maximum atomic E-state index is 12.8. The van der Waals surface area contributed by atoms with E-state index in [2.05, 4.69) is 0 Å². The third-order valence-corrected chi connectivity index (χ3v) is 4.72. The van der Waals surface area contributed by atoms with Crippen LogP contribution in [0.5, 0.6) is 0 Å². The second-order valence-electron chi connectivity index (χ2n) is 4.62. The Kier molecular flexibility index (Phi) is 4.34. The van der Waals surface area contributed by atoms with Crippen molar-refractivity contribution in [2.24, 2.45) is 5.73 Å². The summed E-state index contributed by atoms with van der Waals surface area (Å²) in [6.45, 7) is 0.0852. The zero-order valence-electron chi connectivity index (χ0n) is 11.2. The van der Waals surface area contributed by atoms with E-state index in [0.717, 1.165) is 6.07 Å². The van der Waals surface area contributed by atoms with Crippen LogP contribution in [0.2, 0.25) is 0 Å². The van der Waals surface area contributed by atoms with E-state index in [1.807, 2.05) is 0 Å². The highest BCUT2D eigenvalue weighted by Gasteiger charge is 2.48.